The minimum absolute atomic E-state index is 0.281. The first-order valence-electron chi connectivity index (χ1n) is 6.06. The van der Waals surface area contributed by atoms with E-state index in [-0.39, 0.29) is 11.5 Å². The Balaban J connectivity index is 2.28. The summed E-state index contributed by atoms with van der Waals surface area (Å²) in [5, 5.41) is 2.74. The Morgan fingerprint density at radius 2 is 1.86 bits per heavy atom. The molecular weight excluding hydrogens is 336 g/mol. The molecule has 0 atom stereocenters. The zero-order chi connectivity index (χ0) is 15.4. The van der Waals surface area contributed by atoms with Crippen molar-refractivity contribution in [3.63, 3.8) is 0 Å². The second kappa shape index (κ2) is 6.41. The number of carbonyl (C=O) groups is 2. The van der Waals surface area contributed by atoms with Crippen LogP contribution in [0.2, 0.25) is 0 Å². The Bertz CT molecular complexity index is 701. The van der Waals surface area contributed by atoms with E-state index in [1.807, 2.05) is 6.07 Å². The number of amides is 2. The van der Waals surface area contributed by atoms with Crippen molar-refractivity contribution >= 4 is 33.4 Å². The highest BCUT2D eigenvalue weighted by molar-refractivity contribution is 9.10. The molecule has 0 bridgehead atoms. The summed E-state index contributed by atoms with van der Waals surface area (Å²) >= 11 is 3.33. The third-order valence-corrected chi connectivity index (χ3v) is 3.31. The van der Waals surface area contributed by atoms with Gasteiger partial charge in [-0.15, -0.1) is 0 Å². The molecule has 6 heteroatoms. The number of methoxy groups -OCH3 is 1. The molecule has 0 heterocycles. The molecule has 0 fully saturated rings. The van der Waals surface area contributed by atoms with Gasteiger partial charge in [0.1, 0.15) is 5.75 Å². The Labute approximate surface area is 130 Å². The number of primary amides is 1. The topological polar surface area (TPSA) is 81.4 Å². The van der Waals surface area contributed by atoms with Gasteiger partial charge in [0.05, 0.1) is 12.8 Å². The molecule has 5 nitrogen and oxygen atoms in total. The lowest BCUT2D eigenvalue weighted by atomic mass is 10.1. The number of halogens is 1. The monoisotopic (exact) mass is 348 g/mol. The van der Waals surface area contributed by atoms with E-state index in [0.29, 0.717) is 17.0 Å². The number of carbonyl (C=O) groups excluding carboxylic acids is 2. The van der Waals surface area contributed by atoms with Crippen LogP contribution in [0, 0.1) is 0 Å². The standard InChI is InChI=1S/C15H13BrN2O3/c1-21-13-6-5-11(16)8-12(13)18-15(20)10-4-2-3-9(7-10)14(17)19/h2-8H,1H3,(H2,17,19)(H,18,20). The molecular formula is C15H13BrN2O3. The van der Waals surface area contributed by atoms with Crippen LogP contribution in [-0.2, 0) is 0 Å². The van der Waals surface area contributed by atoms with Gasteiger partial charge in [-0.25, -0.2) is 0 Å². The molecule has 2 rings (SSSR count). The molecule has 0 spiro atoms. The third-order valence-electron chi connectivity index (χ3n) is 2.82. The Hall–Kier alpha value is -2.34. The third kappa shape index (κ3) is 3.61. The molecule has 21 heavy (non-hydrogen) atoms. The van der Waals surface area contributed by atoms with Gasteiger partial charge >= 0.3 is 0 Å². The summed E-state index contributed by atoms with van der Waals surface area (Å²) in [7, 11) is 1.52. The lowest BCUT2D eigenvalue weighted by Crippen LogP contribution is -2.15. The molecule has 0 radical (unpaired) electrons. The summed E-state index contributed by atoms with van der Waals surface area (Å²) < 4.78 is 6.00. The van der Waals surface area contributed by atoms with Gasteiger partial charge in [0, 0.05) is 15.6 Å². The van der Waals surface area contributed by atoms with E-state index in [1.165, 1.54) is 13.2 Å². The highest BCUT2D eigenvalue weighted by Gasteiger charge is 2.11. The van der Waals surface area contributed by atoms with Gasteiger partial charge < -0.3 is 15.8 Å². The van der Waals surface area contributed by atoms with Gasteiger partial charge in [0.15, 0.2) is 0 Å². The van der Waals surface area contributed by atoms with Gasteiger partial charge in [-0.3, -0.25) is 9.59 Å². The van der Waals surface area contributed by atoms with Crippen LogP contribution < -0.4 is 15.8 Å². The Morgan fingerprint density at radius 3 is 2.52 bits per heavy atom. The van der Waals surface area contributed by atoms with Crippen molar-refractivity contribution in [2.45, 2.75) is 0 Å². The molecule has 3 N–H and O–H groups in total. The Kier molecular flexibility index (Phi) is 4.59. The lowest BCUT2D eigenvalue weighted by Gasteiger charge is -2.11. The van der Waals surface area contributed by atoms with Crippen LogP contribution in [0.1, 0.15) is 20.7 Å². The summed E-state index contributed by atoms with van der Waals surface area (Å²) in [6, 6.07) is 11.5. The van der Waals surface area contributed by atoms with Gasteiger partial charge in [-0.1, -0.05) is 22.0 Å². The number of ether oxygens (including phenoxy) is 1. The molecule has 0 aromatic heterocycles. The SMILES string of the molecule is COc1ccc(Br)cc1NC(=O)c1cccc(C(N)=O)c1. The van der Waals surface area contributed by atoms with Crippen molar-refractivity contribution < 1.29 is 14.3 Å². The van der Waals surface area contributed by atoms with Crippen LogP contribution in [0.5, 0.6) is 5.75 Å². The fraction of sp³-hybridized carbons (Fsp3) is 0.0667. The van der Waals surface area contributed by atoms with Crippen molar-refractivity contribution in [3.8, 4) is 5.75 Å². The second-order valence-electron chi connectivity index (χ2n) is 4.24. The maximum Gasteiger partial charge on any atom is 0.255 e. The normalized spacial score (nSPS) is 10.0. The molecule has 0 saturated carbocycles. The second-order valence-corrected chi connectivity index (χ2v) is 5.16. The summed E-state index contributed by atoms with van der Waals surface area (Å²) in [5.41, 5.74) is 6.36. The van der Waals surface area contributed by atoms with E-state index in [4.69, 9.17) is 10.5 Å². The maximum atomic E-state index is 12.2. The van der Waals surface area contributed by atoms with Gasteiger partial charge in [0.2, 0.25) is 5.91 Å². The average molecular weight is 349 g/mol. The van der Waals surface area contributed by atoms with E-state index >= 15 is 0 Å². The summed E-state index contributed by atoms with van der Waals surface area (Å²) in [6.45, 7) is 0. The van der Waals surface area contributed by atoms with Gasteiger partial charge in [0.25, 0.3) is 5.91 Å². The molecule has 0 unspecified atom stereocenters. The van der Waals surface area contributed by atoms with Gasteiger partial charge in [-0.05, 0) is 36.4 Å². The molecule has 2 aromatic carbocycles. The predicted molar refractivity (Wildman–Crippen MR) is 83.6 cm³/mol. The molecule has 0 aliphatic rings. The van der Waals surface area contributed by atoms with Crippen molar-refractivity contribution in [1.29, 1.82) is 0 Å². The van der Waals surface area contributed by atoms with Crippen molar-refractivity contribution in [3.05, 3.63) is 58.1 Å². The lowest BCUT2D eigenvalue weighted by molar-refractivity contribution is 0.1000. The number of hydrogen-bond donors (Lipinski definition) is 2. The van der Waals surface area contributed by atoms with Crippen molar-refractivity contribution in [2.75, 3.05) is 12.4 Å². The first-order valence-corrected chi connectivity index (χ1v) is 6.85. The van der Waals surface area contributed by atoms with Crippen LogP contribution >= 0.6 is 15.9 Å². The molecule has 2 aromatic rings. The number of nitrogens with two attached hydrogens (primary N) is 1. The zero-order valence-corrected chi connectivity index (χ0v) is 12.8. The fourth-order valence-corrected chi connectivity index (χ4v) is 2.15. The van der Waals surface area contributed by atoms with E-state index in [2.05, 4.69) is 21.2 Å². The largest absolute Gasteiger partial charge is 0.495 e. The maximum absolute atomic E-state index is 12.2. The quantitative estimate of drug-likeness (QED) is 0.891. The summed E-state index contributed by atoms with van der Waals surface area (Å²) in [4.78, 5) is 23.4. The average Bonchev–Trinajstić information content (AvgIpc) is 2.47. The molecule has 0 aliphatic carbocycles. The number of benzene rings is 2. The molecule has 0 saturated heterocycles. The number of nitrogens with one attached hydrogen (secondary N) is 1. The van der Waals surface area contributed by atoms with Crippen LogP contribution in [0.4, 0.5) is 5.69 Å². The number of anilines is 1. The summed E-state index contributed by atoms with van der Waals surface area (Å²) in [6.07, 6.45) is 0. The molecule has 108 valence electrons. The van der Waals surface area contributed by atoms with Gasteiger partial charge in [-0.2, -0.15) is 0 Å². The predicted octanol–water partition coefficient (Wildman–Crippen LogP) is 2.81. The van der Waals surface area contributed by atoms with Crippen molar-refractivity contribution in [1.82, 2.24) is 0 Å². The number of rotatable bonds is 4. The van der Waals surface area contributed by atoms with E-state index in [0.717, 1.165) is 4.47 Å². The first-order chi connectivity index (χ1) is 10.0. The fourth-order valence-electron chi connectivity index (χ4n) is 1.79. The minimum atomic E-state index is -0.579. The van der Waals surface area contributed by atoms with Crippen LogP contribution in [-0.4, -0.2) is 18.9 Å². The highest BCUT2D eigenvalue weighted by Crippen LogP contribution is 2.28. The van der Waals surface area contributed by atoms with Crippen molar-refractivity contribution in [2.24, 2.45) is 5.73 Å². The molecule has 0 aliphatic heterocycles. The van der Waals surface area contributed by atoms with E-state index in [9.17, 15) is 9.59 Å². The van der Waals surface area contributed by atoms with E-state index < -0.39 is 5.91 Å². The highest BCUT2D eigenvalue weighted by atomic mass is 79.9. The summed E-state index contributed by atoms with van der Waals surface area (Å²) in [5.74, 6) is -0.392. The molecule has 2 amide bonds. The first kappa shape index (κ1) is 15.1. The van der Waals surface area contributed by atoms with Crippen LogP contribution in [0.15, 0.2) is 46.9 Å². The minimum Gasteiger partial charge on any atom is -0.495 e. The van der Waals surface area contributed by atoms with E-state index in [1.54, 1.807) is 30.3 Å². The number of hydrogen-bond acceptors (Lipinski definition) is 3. The smallest absolute Gasteiger partial charge is 0.255 e. The van der Waals surface area contributed by atoms with Crippen LogP contribution in [0.3, 0.4) is 0 Å². The zero-order valence-electron chi connectivity index (χ0n) is 11.2. The van der Waals surface area contributed by atoms with Crippen LogP contribution in [0.25, 0.3) is 0 Å². The Morgan fingerprint density at radius 1 is 1.14 bits per heavy atom.